The van der Waals surface area contributed by atoms with Gasteiger partial charge in [-0.3, -0.25) is 4.79 Å². The van der Waals surface area contributed by atoms with Gasteiger partial charge < -0.3 is 10.1 Å². The van der Waals surface area contributed by atoms with Crippen LogP contribution in [0.2, 0.25) is 0 Å². The molecule has 0 aromatic carbocycles. The highest BCUT2D eigenvalue weighted by molar-refractivity contribution is 5.96. The van der Waals surface area contributed by atoms with Crippen LogP contribution in [-0.4, -0.2) is 36.1 Å². The van der Waals surface area contributed by atoms with Crippen molar-refractivity contribution in [2.24, 2.45) is 5.41 Å². The standard InChI is InChI=1S/C13H21N3O2/c1-9-11(10(2)16-8-15-9)12(17)14-6-13(3,4)7-18-5/h8H,6-7H2,1-5H3,(H,14,17). The Labute approximate surface area is 108 Å². The number of hydrogen-bond acceptors (Lipinski definition) is 4. The molecule has 1 aromatic heterocycles. The van der Waals surface area contributed by atoms with E-state index in [1.165, 1.54) is 6.33 Å². The van der Waals surface area contributed by atoms with Crippen molar-refractivity contribution < 1.29 is 9.53 Å². The fraction of sp³-hybridized carbons (Fsp3) is 0.615. The first-order valence-corrected chi connectivity index (χ1v) is 5.93. The molecule has 0 saturated heterocycles. The number of carbonyl (C=O) groups excluding carboxylic acids is 1. The minimum absolute atomic E-state index is 0.0954. The third kappa shape index (κ3) is 3.77. The van der Waals surface area contributed by atoms with E-state index in [1.54, 1.807) is 7.11 Å². The first-order chi connectivity index (χ1) is 8.37. The van der Waals surface area contributed by atoms with E-state index in [4.69, 9.17) is 4.74 Å². The minimum atomic E-state index is -0.130. The van der Waals surface area contributed by atoms with E-state index in [0.717, 1.165) is 0 Å². The number of methoxy groups -OCH3 is 1. The molecule has 0 spiro atoms. The van der Waals surface area contributed by atoms with Crippen molar-refractivity contribution in [3.05, 3.63) is 23.3 Å². The summed E-state index contributed by atoms with van der Waals surface area (Å²) in [5, 5.41) is 2.91. The fourth-order valence-corrected chi connectivity index (χ4v) is 1.77. The Morgan fingerprint density at radius 1 is 1.33 bits per heavy atom. The van der Waals surface area contributed by atoms with Crippen molar-refractivity contribution in [1.82, 2.24) is 15.3 Å². The van der Waals surface area contributed by atoms with Gasteiger partial charge in [0, 0.05) is 19.1 Å². The maximum absolute atomic E-state index is 12.1. The van der Waals surface area contributed by atoms with Crippen LogP contribution in [0.4, 0.5) is 0 Å². The Morgan fingerprint density at radius 2 is 1.89 bits per heavy atom. The van der Waals surface area contributed by atoms with Gasteiger partial charge in [0.05, 0.1) is 23.6 Å². The maximum Gasteiger partial charge on any atom is 0.254 e. The zero-order chi connectivity index (χ0) is 13.8. The maximum atomic E-state index is 12.1. The second kappa shape index (κ2) is 5.91. The summed E-state index contributed by atoms with van der Waals surface area (Å²) in [7, 11) is 1.66. The molecule has 0 aliphatic carbocycles. The minimum Gasteiger partial charge on any atom is -0.384 e. The fourth-order valence-electron chi connectivity index (χ4n) is 1.77. The van der Waals surface area contributed by atoms with Gasteiger partial charge in [-0.2, -0.15) is 0 Å². The molecule has 0 atom stereocenters. The van der Waals surface area contributed by atoms with Gasteiger partial charge in [-0.15, -0.1) is 0 Å². The predicted molar refractivity (Wildman–Crippen MR) is 69.5 cm³/mol. The summed E-state index contributed by atoms with van der Waals surface area (Å²) in [5.74, 6) is -0.130. The van der Waals surface area contributed by atoms with Crippen LogP contribution in [0.5, 0.6) is 0 Å². The molecule has 0 bridgehead atoms. The second-order valence-corrected chi connectivity index (χ2v) is 5.20. The summed E-state index contributed by atoms with van der Waals surface area (Å²) in [5.41, 5.74) is 1.86. The Bertz CT molecular complexity index is 410. The molecule has 1 rings (SSSR count). The second-order valence-electron chi connectivity index (χ2n) is 5.20. The van der Waals surface area contributed by atoms with Gasteiger partial charge >= 0.3 is 0 Å². The summed E-state index contributed by atoms with van der Waals surface area (Å²) >= 11 is 0. The third-order valence-electron chi connectivity index (χ3n) is 2.72. The lowest BCUT2D eigenvalue weighted by Crippen LogP contribution is -2.37. The quantitative estimate of drug-likeness (QED) is 0.861. The average molecular weight is 251 g/mol. The van der Waals surface area contributed by atoms with E-state index >= 15 is 0 Å². The van der Waals surface area contributed by atoms with Crippen molar-refractivity contribution in [2.75, 3.05) is 20.3 Å². The van der Waals surface area contributed by atoms with E-state index in [1.807, 2.05) is 27.7 Å². The van der Waals surface area contributed by atoms with Crippen LogP contribution in [0.25, 0.3) is 0 Å². The molecule has 0 aliphatic rings. The van der Waals surface area contributed by atoms with E-state index in [2.05, 4.69) is 15.3 Å². The molecule has 1 N–H and O–H groups in total. The molecule has 1 amide bonds. The molecule has 0 radical (unpaired) electrons. The molecule has 0 unspecified atom stereocenters. The van der Waals surface area contributed by atoms with Crippen LogP contribution < -0.4 is 5.32 Å². The monoisotopic (exact) mass is 251 g/mol. The summed E-state index contributed by atoms with van der Waals surface area (Å²) in [6, 6.07) is 0. The van der Waals surface area contributed by atoms with Crippen molar-refractivity contribution in [1.29, 1.82) is 0 Å². The largest absolute Gasteiger partial charge is 0.384 e. The lowest BCUT2D eigenvalue weighted by molar-refractivity contribution is 0.0845. The van der Waals surface area contributed by atoms with Gasteiger partial charge in [-0.1, -0.05) is 13.8 Å². The zero-order valence-electron chi connectivity index (χ0n) is 11.7. The molecule has 0 aliphatic heterocycles. The summed E-state index contributed by atoms with van der Waals surface area (Å²) < 4.78 is 5.12. The molecular formula is C13H21N3O2. The van der Waals surface area contributed by atoms with Crippen LogP contribution in [0, 0.1) is 19.3 Å². The lowest BCUT2D eigenvalue weighted by Gasteiger charge is -2.24. The molecular weight excluding hydrogens is 230 g/mol. The van der Waals surface area contributed by atoms with Gasteiger partial charge in [0.25, 0.3) is 5.91 Å². The number of nitrogens with zero attached hydrogens (tertiary/aromatic N) is 2. The van der Waals surface area contributed by atoms with E-state index in [9.17, 15) is 4.79 Å². The van der Waals surface area contributed by atoms with Gasteiger partial charge in [0.2, 0.25) is 0 Å². The number of nitrogens with one attached hydrogen (secondary N) is 1. The molecule has 5 nitrogen and oxygen atoms in total. The zero-order valence-corrected chi connectivity index (χ0v) is 11.7. The molecule has 1 heterocycles. The number of hydrogen-bond donors (Lipinski definition) is 1. The molecule has 0 fully saturated rings. The molecule has 18 heavy (non-hydrogen) atoms. The number of aryl methyl sites for hydroxylation is 2. The van der Waals surface area contributed by atoms with E-state index in [-0.39, 0.29) is 11.3 Å². The van der Waals surface area contributed by atoms with Crippen LogP contribution in [-0.2, 0) is 4.74 Å². The first-order valence-electron chi connectivity index (χ1n) is 5.93. The SMILES string of the molecule is COCC(C)(C)CNC(=O)c1c(C)ncnc1C. The number of carbonyl (C=O) groups is 1. The average Bonchev–Trinajstić information content (AvgIpc) is 2.26. The Hall–Kier alpha value is -1.49. The topological polar surface area (TPSA) is 64.1 Å². The van der Waals surface area contributed by atoms with Crippen molar-refractivity contribution in [3.63, 3.8) is 0 Å². The normalized spacial score (nSPS) is 11.4. The van der Waals surface area contributed by atoms with Crippen LogP contribution in [0.1, 0.15) is 35.6 Å². The van der Waals surface area contributed by atoms with Crippen LogP contribution >= 0.6 is 0 Å². The van der Waals surface area contributed by atoms with Crippen molar-refractivity contribution >= 4 is 5.91 Å². The van der Waals surface area contributed by atoms with Crippen LogP contribution in [0.3, 0.4) is 0 Å². The van der Waals surface area contributed by atoms with Crippen LogP contribution in [0.15, 0.2) is 6.33 Å². The number of aromatic nitrogens is 2. The highest BCUT2D eigenvalue weighted by Crippen LogP contribution is 2.14. The summed E-state index contributed by atoms with van der Waals surface area (Å²) in [6.07, 6.45) is 1.47. The summed E-state index contributed by atoms with van der Waals surface area (Å²) in [6.45, 7) is 8.84. The van der Waals surface area contributed by atoms with Crippen molar-refractivity contribution in [3.8, 4) is 0 Å². The Balaban J connectivity index is 2.72. The molecule has 0 saturated carbocycles. The molecule has 1 aromatic rings. The Kier molecular flexibility index (Phi) is 4.78. The highest BCUT2D eigenvalue weighted by Gasteiger charge is 2.20. The van der Waals surface area contributed by atoms with E-state index in [0.29, 0.717) is 30.1 Å². The van der Waals surface area contributed by atoms with Crippen molar-refractivity contribution in [2.45, 2.75) is 27.7 Å². The van der Waals surface area contributed by atoms with Gasteiger partial charge in [0.15, 0.2) is 0 Å². The first kappa shape index (κ1) is 14.6. The smallest absolute Gasteiger partial charge is 0.254 e. The van der Waals surface area contributed by atoms with Gasteiger partial charge in [0.1, 0.15) is 6.33 Å². The highest BCUT2D eigenvalue weighted by atomic mass is 16.5. The number of ether oxygens (including phenoxy) is 1. The van der Waals surface area contributed by atoms with Gasteiger partial charge in [-0.05, 0) is 13.8 Å². The number of amides is 1. The van der Waals surface area contributed by atoms with Gasteiger partial charge in [-0.25, -0.2) is 9.97 Å². The molecule has 100 valence electrons. The predicted octanol–water partition coefficient (Wildman–Crippen LogP) is 1.50. The Morgan fingerprint density at radius 3 is 2.39 bits per heavy atom. The summed E-state index contributed by atoms with van der Waals surface area (Å²) in [4.78, 5) is 20.2. The number of rotatable bonds is 5. The van der Waals surface area contributed by atoms with E-state index < -0.39 is 0 Å². The third-order valence-corrected chi connectivity index (χ3v) is 2.72. The molecule has 5 heteroatoms. The lowest BCUT2D eigenvalue weighted by atomic mass is 9.94.